The van der Waals surface area contributed by atoms with E-state index < -0.39 is 6.10 Å². The maximum absolute atomic E-state index is 10.7. The zero-order valence-corrected chi connectivity index (χ0v) is 12.0. The summed E-state index contributed by atoms with van der Waals surface area (Å²) in [5.41, 5.74) is 3.16. The van der Waals surface area contributed by atoms with Crippen molar-refractivity contribution in [3.8, 4) is 18.1 Å². The van der Waals surface area contributed by atoms with Crippen LogP contribution in [0.1, 0.15) is 49.0 Å². The molecule has 1 aliphatic carbocycles. The molecule has 2 rings (SSSR count). The minimum atomic E-state index is -0.460. The van der Waals surface area contributed by atoms with Gasteiger partial charge >= 0.3 is 0 Å². The molecule has 19 heavy (non-hydrogen) atoms. The van der Waals surface area contributed by atoms with Crippen molar-refractivity contribution >= 4 is 0 Å². The number of methoxy groups -OCH3 is 1. The van der Waals surface area contributed by atoms with E-state index >= 15 is 0 Å². The van der Waals surface area contributed by atoms with Crippen LogP contribution in [0.3, 0.4) is 0 Å². The zero-order chi connectivity index (χ0) is 14.0. The molecule has 0 aliphatic heterocycles. The largest absolute Gasteiger partial charge is 0.496 e. The molecular formula is C17H22O2. The maximum Gasteiger partial charge on any atom is 0.122 e. The molecule has 1 N–H and O–H groups in total. The number of fused-ring (bicyclic) bond motifs is 1. The van der Waals surface area contributed by atoms with Crippen molar-refractivity contribution in [3.05, 3.63) is 28.8 Å². The Morgan fingerprint density at radius 2 is 2.26 bits per heavy atom. The van der Waals surface area contributed by atoms with Crippen LogP contribution in [-0.2, 0) is 6.42 Å². The average Bonchev–Trinajstić information content (AvgIpc) is 2.40. The normalized spacial score (nSPS) is 25.5. The van der Waals surface area contributed by atoms with Crippen LogP contribution in [0.5, 0.6) is 5.75 Å². The van der Waals surface area contributed by atoms with E-state index in [-0.39, 0.29) is 5.41 Å². The van der Waals surface area contributed by atoms with E-state index in [1.165, 1.54) is 0 Å². The molecule has 2 heteroatoms. The molecule has 0 radical (unpaired) electrons. The first-order chi connectivity index (χ1) is 9.01. The molecule has 1 aromatic rings. The number of hydrogen-bond donors (Lipinski definition) is 1. The highest BCUT2D eigenvalue weighted by Gasteiger charge is 2.39. The summed E-state index contributed by atoms with van der Waals surface area (Å²) in [7, 11) is 1.69. The fourth-order valence-corrected chi connectivity index (χ4v) is 3.05. The SMILES string of the molecule is C#CCCC1(C)CCc2c(OC)cc(C)cc2C1O. The minimum absolute atomic E-state index is 0.127. The molecule has 0 aromatic heterocycles. The second kappa shape index (κ2) is 5.27. The second-order valence-corrected chi connectivity index (χ2v) is 5.80. The summed E-state index contributed by atoms with van der Waals surface area (Å²) in [6.45, 7) is 4.16. The average molecular weight is 258 g/mol. The summed E-state index contributed by atoms with van der Waals surface area (Å²) < 4.78 is 5.45. The van der Waals surface area contributed by atoms with Crippen LogP contribution in [0, 0.1) is 24.7 Å². The molecule has 0 fully saturated rings. The Labute approximate surface area is 115 Å². The summed E-state index contributed by atoms with van der Waals surface area (Å²) in [5.74, 6) is 3.58. The Kier molecular flexibility index (Phi) is 3.87. The number of hydrogen-bond acceptors (Lipinski definition) is 2. The Hall–Kier alpha value is -1.46. The molecule has 0 heterocycles. The van der Waals surface area contributed by atoms with Crippen molar-refractivity contribution in [3.63, 3.8) is 0 Å². The van der Waals surface area contributed by atoms with Crippen LogP contribution < -0.4 is 4.74 Å². The molecule has 2 nitrogen and oxygen atoms in total. The summed E-state index contributed by atoms with van der Waals surface area (Å²) in [5, 5.41) is 10.7. The van der Waals surface area contributed by atoms with Crippen LogP contribution in [-0.4, -0.2) is 12.2 Å². The third-order valence-electron chi connectivity index (χ3n) is 4.35. The fraction of sp³-hybridized carbons (Fsp3) is 0.529. The van der Waals surface area contributed by atoms with Gasteiger partial charge in [-0.3, -0.25) is 0 Å². The van der Waals surface area contributed by atoms with Crippen molar-refractivity contribution in [2.24, 2.45) is 5.41 Å². The number of aryl methyl sites for hydroxylation is 1. The summed E-state index contributed by atoms with van der Waals surface area (Å²) in [6.07, 6.45) is 8.37. The van der Waals surface area contributed by atoms with Crippen LogP contribution in [0.25, 0.3) is 0 Å². The second-order valence-electron chi connectivity index (χ2n) is 5.80. The van der Waals surface area contributed by atoms with E-state index in [9.17, 15) is 5.11 Å². The predicted molar refractivity (Wildman–Crippen MR) is 77.2 cm³/mol. The van der Waals surface area contributed by atoms with Gasteiger partial charge in [0.1, 0.15) is 5.75 Å². The zero-order valence-electron chi connectivity index (χ0n) is 12.0. The van der Waals surface area contributed by atoms with E-state index in [2.05, 4.69) is 18.9 Å². The molecule has 2 unspecified atom stereocenters. The molecule has 0 spiro atoms. The van der Waals surface area contributed by atoms with Gasteiger partial charge in [-0.05, 0) is 54.4 Å². The molecule has 0 saturated heterocycles. The van der Waals surface area contributed by atoms with E-state index in [0.717, 1.165) is 41.7 Å². The number of aliphatic hydroxyl groups is 1. The topological polar surface area (TPSA) is 29.5 Å². The smallest absolute Gasteiger partial charge is 0.122 e. The van der Waals surface area contributed by atoms with Crippen molar-refractivity contribution in [2.45, 2.75) is 45.6 Å². The third-order valence-corrected chi connectivity index (χ3v) is 4.35. The van der Waals surface area contributed by atoms with Gasteiger partial charge in [0.25, 0.3) is 0 Å². The standard InChI is InChI=1S/C17H22O2/c1-5-6-8-17(3)9-7-13-14(16(17)18)10-12(2)11-15(13)19-4/h1,10-11,16,18H,6-9H2,2-4H3. The quantitative estimate of drug-likeness (QED) is 0.842. The van der Waals surface area contributed by atoms with E-state index in [1.54, 1.807) is 7.11 Å². The molecular weight excluding hydrogens is 236 g/mol. The Morgan fingerprint density at radius 3 is 2.89 bits per heavy atom. The molecule has 102 valence electrons. The first-order valence-electron chi connectivity index (χ1n) is 6.81. The van der Waals surface area contributed by atoms with Gasteiger partial charge in [0.15, 0.2) is 0 Å². The van der Waals surface area contributed by atoms with Crippen LogP contribution >= 0.6 is 0 Å². The highest BCUT2D eigenvalue weighted by molar-refractivity contribution is 5.46. The highest BCUT2D eigenvalue weighted by atomic mass is 16.5. The number of ether oxygens (including phenoxy) is 1. The van der Waals surface area contributed by atoms with Gasteiger partial charge in [0.2, 0.25) is 0 Å². The number of terminal acetylenes is 1. The monoisotopic (exact) mass is 258 g/mol. The lowest BCUT2D eigenvalue weighted by Crippen LogP contribution is -2.31. The predicted octanol–water partition coefficient (Wildman–Crippen LogP) is 3.40. The highest BCUT2D eigenvalue weighted by Crippen LogP contribution is 2.48. The lowest BCUT2D eigenvalue weighted by Gasteiger charge is -2.40. The van der Waals surface area contributed by atoms with E-state index in [4.69, 9.17) is 11.2 Å². The Bertz CT molecular complexity index is 513. The minimum Gasteiger partial charge on any atom is -0.496 e. The van der Waals surface area contributed by atoms with Gasteiger partial charge in [0, 0.05) is 6.42 Å². The molecule has 1 aliphatic rings. The van der Waals surface area contributed by atoms with Gasteiger partial charge < -0.3 is 9.84 Å². The van der Waals surface area contributed by atoms with Crippen LogP contribution in [0.2, 0.25) is 0 Å². The van der Waals surface area contributed by atoms with Crippen molar-refractivity contribution in [2.75, 3.05) is 7.11 Å². The molecule has 0 amide bonds. The van der Waals surface area contributed by atoms with Crippen LogP contribution in [0.15, 0.2) is 12.1 Å². The lowest BCUT2D eigenvalue weighted by molar-refractivity contribution is 0.0144. The Morgan fingerprint density at radius 1 is 1.53 bits per heavy atom. The van der Waals surface area contributed by atoms with E-state index in [0.29, 0.717) is 6.42 Å². The van der Waals surface area contributed by atoms with Crippen molar-refractivity contribution < 1.29 is 9.84 Å². The summed E-state index contributed by atoms with van der Waals surface area (Å²) in [4.78, 5) is 0. The molecule has 1 aromatic carbocycles. The molecule has 0 bridgehead atoms. The van der Waals surface area contributed by atoms with Gasteiger partial charge in [0.05, 0.1) is 13.2 Å². The summed E-state index contributed by atoms with van der Waals surface area (Å²) in [6, 6.07) is 4.12. The van der Waals surface area contributed by atoms with Gasteiger partial charge in [-0.2, -0.15) is 0 Å². The van der Waals surface area contributed by atoms with Crippen molar-refractivity contribution in [1.29, 1.82) is 0 Å². The van der Waals surface area contributed by atoms with Crippen molar-refractivity contribution in [1.82, 2.24) is 0 Å². The fourth-order valence-electron chi connectivity index (χ4n) is 3.05. The Balaban J connectivity index is 2.41. The van der Waals surface area contributed by atoms with Crippen LogP contribution in [0.4, 0.5) is 0 Å². The lowest BCUT2D eigenvalue weighted by atomic mass is 9.68. The molecule has 0 saturated carbocycles. The van der Waals surface area contributed by atoms with Gasteiger partial charge in [-0.1, -0.05) is 13.0 Å². The van der Waals surface area contributed by atoms with Gasteiger partial charge in [-0.15, -0.1) is 12.3 Å². The molecule has 2 atom stereocenters. The number of benzene rings is 1. The number of rotatable bonds is 3. The number of aliphatic hydroxyl groups excluding tert-OH is 1. The first kappa shape index (κ1) is 14.0. The summed E-state index contributed by atoms with van der Waals surface area (Å²) >= 11 is 0. The third kappa shape index (κ3) is 2.48. The maximum atomic E-state index is 10.7. The van der Waals surface area contributed by atoms with E-state index in [1.807, 2.05) is 13.0 Å². The van der Waals surface area contributed by atoms with Gasteiger partial charge in [-0.25, -0.2) is 0 Å². The first-order valence-corrected chi connectivity index (χ1v) is 6.81.